The maximum absolute atomic E-state index is 5.67. The zero-order valence-electron chi connectivity index (χ0n) is 12.0. The Labute approximate surface area is 139 Å². The Morgan fingerprint density at radius 2 is 1.90 bits per heavy atom. The highest BCUT2D eigenvalue weighted by atomic mass is 79.9. The van der Waals surface area contributed by atoms with Gasteiger partial charge in [-0.3, -0.25) is 11.3 Å². The van der Waals surface area contributed by atoms with E-state index in [1.54, 1.807) is 0 Å². The van der Waals surface area contributed by atoms with Gasteiger partial charge in [0.05, 0.1) is 0 Å². The van der Waals surface area contributed by atoms with Gasteiger partial charge in [-0.25, -0.2) is 0 Å². The molecule has 0 saturated carbocycles. The van der Waals surface area contributed by atoms with Crippen LogP contribution in [0.2, 0.25) is 0 Å². The van der Waals surface area contributed by atoms with E-state index in [9.17, 15) is 0 Å². The molecule has 2 rings (SSSR count). The monoisotopic (exact) mass is 364 g/mol. The van der Waals surface area contributed by atoms with Crippen LogP contribution in [0.1, 0.15) is 18.4 Å². The first-order chi connectivity index (χ1) is 10.3. The number of nitrogens with one attached hydrogen (secondary N) is 1. The Kier molecular flexibility index (Phi) is 7.30. The molecule has 112 valence electrons. The van der Waals surface area contributed by atoms with E-state index in [0.29, 0.717) is 6.04 Å². The lowest BCUT2D eigenvalue weighted by Crippen LogP contribution is -2.37. The molecule has 0 aliphatic carbocycles. The van der Waals surface area contributed by atoms with Crippen molar-refractivity contribution < 1.29 is 0 Å². The van der Waals surface area contributed by atoms with Crippen LogP contribution in [0.3, 0.4) is 0 Å². The fraction of sp³-hybridized carbons (Fsp3) is 0.294. The molecule has 0 bridgehead atoms. The van der Waals surface area contributed by atoms with Crippen LogP contribution in [0.4, 0.5) is 0 Å². The topological polar surface area (TPSA) is 38.0 Å². The normalized spacial score (nSPS) is 12.3. The van der Waals surface area contributed by atoms with Crippen LogP contribution in [-0.2, 0) is 6.42 Å². The summed E-state index contributed by atoms with van der Waals surface area (Å²) >= 11 is 5.34. The predicted octanol–water partition coefficient (Wildman–Crippen LogP) is 4.40. The number of halogens is 1. The lowest BCUT2D eigenvalue weighted by atomic mass is 10.1. The predicted molar refractivity (Wildman–Crippen MR) is 95.4 cm³/mol. The summed E-state index contributed by atoms with van der Waals surface area (Å²) in [5.41, 5.74) is 4.34. The minimum atomic E-state index is 0.345. The molecular weight excluding hydrogens is 344 g/mol. The summed E-state index contributed by atoms with van der Waals surface area (Å²) in [6.07, 6.45) is 3.35. The number of nitrogens with two attached hydrogens (primary N) is 1. The SMILES string of the molecule is NNC(CCCc1ccccc1)CSc1cccc(Br)c1. The molecule has 0 spiro atoms. The first kappa shape index (κ1) is 16.6. The highest BCUT2D eigenvalue weighted by Crippen LogP contribution is 2.23. The van der Waals surface area contributed by atoms with Crippen molar-refractivity contribution in [3.05, 3.63) is 64.6 Å². The van der Waals surface area contributed by atoms with E-state index >= 15 is 0 Å². The molecular formula is C17H21BrN2S. The molecule has 0 fully saturated rings. The molecule has 0 aliphatic rings. The third kappa shape index (κ3) is 6.22. The number of aryl methyl sites for hydroxylation is 1. The number of thioether (sulfide) groups is 1. The highest BCUT2D eigenvalue weighted by molar-refractivity contribution is 9.10. The van der Waals surface area contributed by atoms with E-state index in [4.69, 9.17) is 5.84 Å². The van der Waals surface area contributed by atoms with E-state index in [1.165, 1.54) is 10.5 Å². The van der Waals surface area contributed by atoms with Crippen LogP contribution < -0.4 is 11.3 Å². The van der Waals surface area contributed by atoms with E-state index in [0.717, 1.165) is 29.5 Å². The summed E-state index contributed by atoms with van der Waals surface area (Å²) < 4.78 is 1.12. The molecule has 0 amide bonds. The Bertz CT molecular complexity index is 533. The Hall–Kier alpha value is -0.810. The van der Waals surface area contributed by atoms with Crippen molar-refractivity contribution in [2.45, 2.75) is 30.2 Å². The van der Waals surface area contributed by atoms with Crippen molar-refractivity contribution in [3.8, 4) is 0 Å². The Morgan fingerprint density at radius 1 is 1.10 bits per heavy atom. The Morgan fingerprint density at radius 3 is 2.62 bits per heavy atom. The molecule has 0 saturated heterocycles. The van der Waals surface area contributed by atoms with E-state index in [-0.39, 0.29) is 0 Å². The van der Waals surface area contributed by atoms with E-state index in [2.05, 4.69) is 69.9 Å². The first-order valence-corrected chi connectivity index (χ1v) is 8.94. The van der Waals surface area contributed by atoms with E-state index in [1.807, 2.05) is 17.8 Å². The van der Waals surface area contributed by atoms with Crippen molar-refractivity contribution in [2.24, 2.45) is 5.84 Å². The standard InChI is InChI=1S/C17H21BrN2S/c18-15-9-5-11-17(12-15)21-13-16(20-19)10-4-8-14-6-2-1-3-7-14/h1-3,5-7,9,11-12,16,20H,4,8,10,13,19H2. The van der Waals surface area contributed by atoms with Crippen LogP contribution in [-0.4, -0.2) is 11.8 Å². The van der Waals surface area contributed by atoms with Crippen molar-refractivity contribution in [1.29, 1.82) is 0 Å². The molecule has 0 aromatic heterocycles. The third-order valence-corrected chi connectivity index (χ3v) is 4.99. The highest BCUT2D eigenvalue weighted by Gasteiger charge is 2.07. The third-order valence-electron chi connectivity index (χ3n) is 3.34. The van der Waals surface area contributed by atoms with Crippen LogP contribution in [0.25, 0.3) is 0 Å². The zero-order valence-corrected chi connectivity index (χ0v) is 14.4. The lowest BCUT2D eigenvalue weighted by Gasteiger charge is -2.15. The molecule has 3 N–H and O–H groups in total. The maximum atomic E-state index is 5.67. The number of hydrogen-bond donors (Lipinski definition) is 2. The average Bonchev–Trinajstić information content (AvgIpc) is 2.52. The summed E-state index contributed by atoms with van der Waals surface area (Å²) in [7, 11) is 0. The largest absolute Gasteiger partial charge is 0.271 e. The van der Waals surface area contributed by atoms with Crippen molar-refractivity contribution in [1.82, 2.24) is 5.43 Å². The summed E-state index contributed by atoms with van der Waals surface area (Å²) in [5, 5.41) is 0. The molecule has 1 atom stereocenters. The van der Waals surface area contributed by atoms with Gasteiger partial charge in [0.15, 0.2) is 0 Å². The fourth-order valence-corrected chi connectivity index (χ4v) is 3.76. The van der Waals surface area contributed by atoms with Gasteiger partial charge in [0.25, 0.3) is 0 Å². The van der Waals surface area contributed by atoms with Gasteiger partial charge in [0.1, 0.15) is 0 Å². The van der Waals surface area contributed by atoms with Gasteiger partial charge in [0, 0.05) is 21.2 Å². The van der Waals surface area contributed by atoms with Gasteiger partial charge in [-0.05, 0) is 43.0 Å². The molecule has 21 heavy (non-hydrogen) atoms. The molecule has 2 aromatic carbocycles. The molecule has 0 heterocycles. The van der Waals surface area contributed by atoms with Crippen LogP contribution in [0.15, 0.2) is 64.0 Å². The summed E-state index contributed by atoms with van der Waals surface area (Å²) in [4.78, 5) is 1.27. The minimum Gasteiger partial charge on any atom is -0.271 e. The molecule has 0 radical (unpaired) electrons. The number of benzene rings is 2. The summed E-state index contributed by atoms with van der Waals surface area (Å²) in [6, 6.07) is 19.3. The molecule has 1 unspecified atom stereocenters. The van der Waals surface area contributed by atoms with Crippen molar-refractivity contribution in [2.75, 3.05) is 5.75 Å². The number of hydrazine groups is 1. The van der Waals surface area contributed by atoms with Gasteiger partial charge in [0.2, 0.25) is 0 Å². The van der Waals surface area contributed by atoms with Gasteiger partial charge < -0.3 is 0 Å². The molecule has 2 nitrogen and oxygen atoms in total. The lowest BCUT2D eigenvalue weighted by molar-refractivity contribution is 0.520. The zero-order chi connectivity index (χ0) is 14.9. The maximum Gasteiger partial charge on any atom is 0.0304 e. The van der Waals surface area contributed by atoms with E-state index < -0.39 is 0 Å². The van der Waals surface area contributed by atoms with Gasteiger partial charge in [-0.1, -0.05) is 52.3 Å². The van der Waals surface area contributed by atoms with Gasteiger partial charge in [-0.15, -0.1) is 11.8 Å². The second kappa shape index (κ2) is 9.26. The first-order valence-electron chi connectivity index (χ1n) is 7.16. The fourth-order valence-electron chi connectivity index (χ4n) is 2.17. The smallest absolute Gasteiger partial charge is 0.0304 e. The molecule has 2 aromatic rings. The minimum absolute atomic E-state index is 0.345. The summed E-state index contributed by atoms with van der Waals surface area (Å²) in [6.45, 7) is 0. The van der Waals surface area contributed by atoms with Gasteiger partial charge in [-0.2, -0.15) is 0 Å². The van der Waals surface area contributed by atoms with Crippen LogP contribution >= 0.6 is 27.7 Å². The average molecular weight is 365 g/mol. The Balaban J connectivity index is 1.73. The van der Waals surface area contributed by atoms with Crippen LogP contribution in [0, 0.1) is 0 Å². The second-order valence-corrected chi connectivity index (χ2v) is 7.02. The molecule has 4 heteroatoms. The number of hydrogen-bond acceptors (Lipinski definition) is 3. The quantitative estimate of drug-likeness (QED) is 0.414. The summed E-state index contributed by atoms with van der Waals surface area (Å²) in [5.74, 6) is 6.66. The molecule has 0 aliphatic heterocycles. The van der Waals surface area contributed by atoms with Gasteiger partial charge >= 0.3 is 0 Å². The number of rotatable bonds is 8. The van der Waals surface area contributed by atoms with Crippen molar-refractivity contribution in [3.63, 3.8) is 0 Å². The second-order valence-electron chi connectivity index (χ2n) is 5.01. The van der Waals surface area contributed by atoms with Crippen molar-refractivity contribution >= 4 is 27.7 Å². The van der Waals surface area contributed by atoms with Crippen LogP contribution in [0.5, 0.6) is 0 Å².